The van der Waals surface area contributed by atoms with Gasteiger partial charge in [0.1, 0.15) is 11.5 Å². The van der Waals surface area contributed by atoms with Crippen LogP contribution in [0.3, 0.4) is 0 Å². The molecular formula is C20H25FN4O2. The first-order valence-electron chi connectivity index (χ1n) is 9.53. The van der Waals surface area contributed by atoms with Crippen molar-refractivity contribution in [1.29, 1.82) is 0 Å². The van der Waals surface area contributed by atoms with E-state index in [1.165, 1.54) is 12.4 Å². The smallest absolute Gasteiger partial charge is 0.225 e. The van der Waals surface area contributed by atoms with Crippen molar-refractivity contribution >= 4 is 5.95 Å². The third kappa shape index (κ3) is 4.30. The minimum absolute atomic E-state index is 0.399. The van der Waals surface area contributed by atoms with Crippen LogP contribution in [0.25, 0.3) is 0 Å². The molecule has 7 heteroatoms. The number of ether oxygens (including phenoxy) is 2. The molecule has 0 radical (unpaired) electrons. The van der Waals surface area contributed by atoms with E-state index in [1.54, 1.807) is 0 Å². The monoisotopic (exact) mass is 372 g/mol. The third-order valence-corrected chi connectivity index (χ3v) is 5.19. The molecule has 3 heterocycles. The maximum atomic E-state index is 13.0. The van der Waals surface area contributed by atoms with Crippen molar-refractivity contribution < 1.29 is 13.9 Å². The van der Waals surface area contributed by atoms with Crippen molar-refractivity contribution in [2.75, 3.05) is 44.3 Å². The molecule has 4 rings (SSSR count). The number of hydrogen-bond donors (Lipinski definition) is 0. The van der Waals surface area contributed by atoms with E-state index in [1.807, 2.05) is 31.2 Å². The van der Waals surface area contributed by atoms with Crippen molar-refractivity contribution in [3.05, 3.63) is 42.5 Å². The minimum atomic E-state index is -0.399. The number of rotatable bonds is 6. The molecule has 2 fully saturated rings. The Bertz CT molecular complexity index is 758. The maximum absolute atomic E-state index is 13.0. The summed E-state index contributed by atoms with van der Waals surface area (Å²) >= 11 is 0. The highest BCUT2D eigenvalue weighted by Crippen LogP contribution is 2.29. The van der Waals surface area contributed by atoms with Gasteiger partial charge in [-0.25, -0.2) is 14.4 Å². The number of aromatic nitrogens is 2. The van der Waals surface area contributed by atoms with Crippen LogP contribution < -0.4 is 14.4 Å². The van der Waals surface area contributed by atoms with Gasteiger partial charge < -0.3 is 14.4 Å². The number of piperazine rings is 1. The van der Waals surface area contributed by atoms with E-state index >= 15 is 0 Å². The van der Waals surface area contributed by atoms with Gasteiger partial charge in [-0.2, -0.15) is 0 Å². The first-order chi connectivity index (χ1) is 13.2. The molecular weight excluding hydrogens is 347 g/mol. The molecule has 2 aliphatic heterocycles. The van der Waals surface area contributed by atoms with E-state index < -0.39 is 5.82 Å². The normalized spacial score (nSPS) is 22.5. The molecule has 2 atom stereocenters. The highest BCUT2D eigenvalue weighted by atomic mass is 19.1. The lowest BCUT2D eigenvalue weighted by molar-refractivity contribution is 0.216. The molecule has 2 aromatic rings. The Balaban J connectivity index is 1.31. The van der Waals surface area contributed by atoms with Crippen LogP contribution in [0.15, 0.2) is 36.7 Å². The summed E-state index contributed by atoms with van der Waals surface area (Å²) in [6.45, 7) is 7.10. The van der Waals surface area contributed by atoms with Crippen LogP contribution in [0.5, 0.6) is 11.5 Å². The number of hydrogen-bond acceptors (Lipinski definition) is 6. The summed E-state index contributed by atoms with van der Waals surface area (Å²) in [7, 11) is 0. The molecule has 144 valence electrons. The van der Waals surface area contributed by atoms with Gasteiger partial charge in [-0.05, 0) is 25.5 Å². The van der Waals surface area contributed by atoms with Gasteiger partial charge in [0, 0.05) is 44.2 Å². The van der Waals surface area contributed by atoms with Crippen LogP contribution >= 0.6 is 0 Å². The van der Waals surface area contributed by atoms with Crippen LogP contribution in [0, 0.1) is 11.7 Å². The van der Waals surface area contributed by atoms with E-state index in [9.17, 15) is 4.39 Å². The first-order valence-corrected chi connectivity index (χ1v) is 9.53. The van der Waals surface area contributed by atoms with Gasteiger partial charge in [0.25, 0.3) is 0 Å². The van der Waals surface area contributed by atoms with E-state index in [-0.39, 0.29) is 0 Å². The fourth-order valence-corrected chi connectivity index (χ4v) is 3.95. The van der Waals surface area contributed by atoms with Gasteiger partial charge >= 0.3 is 0 Å². The summed E-state index contributed by atoms with van der Waals surface area (Å²) in [5.41, 5.74) is 0. The largest absolute Gasteiger partial charge is 0.494 e. The lowest BCUT2D eigenvalue weighted by Gasteiger charge is -2.37. The number of halogens is 1. The van der Waals surface area contributed by atoms with Crippen LogP contribution in [0.1, 0.15) is 13.3 Å². The van der Waals surface area contributed by atoms with E-state index in [4.69, 9.17) is 9.47 Å². The zero-order chi connectivity index (χ0) is 18.6. The van der Waals surface area contributed by atoms with Crippen LogP contribution in [0.4, 0.5) is 10.3 Å². The molecule has 1 aromatic carbocycles. The Labute approximate surface area is 158 Å². The first kappa shape index (κ1) is 18.0. The average Bonchev–Trinajstić information content (AvgIpc) is 3.10. The predicted octanol–water partition coefficient (Wildman–Crippen LogP) is 2.60. The Hall–Kier alpha value is -2.41. The molecule has 0 aliphatic carbocycles. The highest BCUT2D eigenvalue weighted by Gasteiger charge is 2.37. The second-order valence-electron chi connectivity index (χ2n) is 7.12. The topological polar surface area (TPSA) is 50.7 Å². The molecule has 0 N–H and O–H groups in total. The summed E-state index contributed by atoms with van der Waals surface area (Å²) in [6.07, 6.45) is 3.55. The molecule has 0 bridgehead atoms. The number of fused-ring (bicyclic) bond motifs is 1. The quantitative estimate of drug-likeness (QED) is 0.777. The van der Waals surface area contributed by atoms with Crippen molar-refractivity contribution in [2.45, 2.75) is 19.4 Å². The van der Waals surface area contributed by atoms with Crippen molar-refractivity contribution in [1.82, 2.24) is 14.9 Å². The Morgan fingerprint density at radius 1 is 1.11 bits per heavy atom. The highest BCUT2D eigenvalue weighted by molar-refractivity contribution is 5.33. The molecule has 0 spiro atoms. The summed E-state index contributed by atoms with van der Waals surface area (Å²) < 4.78 is 24.6. The fraction of sp³-hybridized carbons (Fsp3) is 0.500. The van der Waals surface area contributed by atoms with E-state index in [2.05, 4.69) is 19.8 Å². The summed E-state index contributed by atoms with van der Waals surface area (Å²) in [6, 6.07) is 8.28. The summed E-state index contributed by atoms with van der Waals surface area (Å²) in [4.78, 5) is 12.9. The standard InChI is InChI=1S/C20H25FN4O2/c1-2-26-18-4-3-5-19(9-18)27-14-15-8-17-13-25(7-6-24(17)12-15)20-22-10-16(21)11-23-20/h3-5,9-11,15,17H,2,6-8,12-14H2,1H3/t15-,17-/m0/s1. The fourth-order valence-electron chi connectivity index (χ4n) is 3.95. The van der Waals surface area contributed by atoms with Crippen LogP contribution in [0.2, 0.25) is 0 Å². The lowest BCUT2D eigenvalue weighted by Crippen LogP contribution is -2.50. The molecule has 2 saturated heterocycles. The molecule has 2 aliphatic rings. The number of anilines is 1. The predicted molar refractivity (Wildman–Crippen MR) is 101 cm³/mol. The molecule has 0 unspecified atom stereocenters. The van der Waals surface area contributed by atoms with Crippen molar-refractivity contribution in [2.24, 2.45) is 5.92 Å². The van der Waals surface area contributed by atoms with Gasteiger partial charge in [-0.1, -0.05) is 6.07 Å². The summed E-state index contributed by atoms with van der Waals surface area (Å²) in [5.74, 6) is 2.41. The minimum Gasteiger partial charge on any atom is -0.494 e. The molecule has 1 aromatic heterocycles. The SMILES string of the molecule is CCOc1cccc(OC[C@H]2C[C@H]3CN(c4ncc(F)cn4)CCN3C2)c1. The molecule has 27 heavy (non-hydrogen) atoms. The van der Waals surface area contributed by atoms with E-state index in [0.717, 1.165) is 44.1 Å². The number of nitrogens with zero attached hydrogens (tertiary/aromatic N) is 4. The van der Waals surface area contributed by atoms with Gasteiger partial charge in [0.2, 0.25) is 5.95 Å². The molecule has 6 nitrogen and oxygen atoms in total. The average molecular weight is 372 g/mol. The Kier molecular flexibility index (Phi) is 5.38. The van der Waals surface area contributed by atoms with Gasteiger partial charge in [0.15, 0.2) is 5.82 Å². The van der Waals surface area contributed by atoms with Gasteiger partial charge in [-0.15, -0.1) is 0 Å². The summed E-state index contributed by atoms with van der Waals surface area (Å²) in [5, 5.41) is 0. The second-order valence-corrected chi connectivity index (χ2v) is 7.12. The number of benzene rings is 1. The zero-order valence-corrected chi connectivity index (χ0v) is 15.6. The Morgan fingerprint density at radius 3 is 2.67 bits per heavy atom. The lowest BCUT2D eigenvalue weighted by atomic mass is 10.1. The van der Waals surface area contributed by atoms with E-state index in [0.29, 0.717) is 31.1 Å². The molecule has 0 saturated carbocycles. The van der Waals surface area contributed by atoms with Gasteiger partial charge in [0.05, 0.1) is 25.6 Å². The Morgan fingerprint density at radius 2 is 1.89 bits per heavy atom. The second kappa shape index (κ2) is 8.08. The third-order valence-electron chi connectivity index (χ3n) is 5.19. The van der Waals surface area contributed by atoms with Crippen molar-refractivity contribution in [3.63, 3.8) is 0 Å². The van der Waals surface area contributed by atoms with Crippen LogP contribution in [-0.4, -0.2) is 60.3 Å². The molecule has 0 amide bonds. The van der Waals surface area contributed by atoms with Crippen molar-refractivity contribution in [3.8, 4) is 11.5 Å². The van der Waals surface area contributed by atoms with Gasteiger partial charge in [-0.3, -0.25) is 4.90 Å². The zero-order valence-electron chi connectivity index (χ0n) is 15.6. The van der Waals surface area contributed by atoms with Crippen LogP contribution in [-0.2, 0) is 0 Å². The maximum Gasteiger partial charge on any atom is 0.225 e.